The summed E-state index contributed by atoms with van der Waals surface area (Å²) in [6.45, 7) is 5.62. The standard InChI is InChI=1S/C13H15NO/c1-3-4-12(10-15)9-14-13-7-5-11(2)6-8-13/h3,5-10,14H,1,4H2,2H3/b12-9-. The van der Waals surface area contributed by atoms with E-state index in [-0.39, 0.29) is 0 Å². The van der Waals surface area contributed by atoms with Gasteiger partial charge in [-0.05, 0) is 25.5 Å². The summed E-state index contributed by atoms with van der Waals surface area (Å²) >= 11 is 0. The third-order valence-corrected chi connectivity index (χ3v) is 2.01. The van der Waals surface area contributed by atoms with Crippen molar-refractivity contribution in [1.29, 1.82) is 0 Å². The number of anilines is 1. The van der Waals surface area contributed by atoms with Crippen LogP contribution < -0.4 is 5.32 Å². The maximum absolute atomic E-state index is 10.6. The van der Waals surface area contributed by atoms with Crippen molar-refractivity contribution in [3.8, 4) is 0 Å². The molecular formula is C13H15NO. The van der Waals surface area contributed by atoms with Crippen LogP contribution in [0.4, 0.5) is 5.69 Å². The Hall–Kier alpha value is -1.83. The largest absolute Gasteiger partial charge is 0.361 e. The second-order valence-electron chi connectivity index (χ2n) is 3.34. The zero-order valence-electron chi connectivity index (χ0n) is 8.86. The molecule has 0 saturated carbocycles. The second-order valence-corrected chi connectivity index (χ2v) is 3.34. The number of rotatable bonds is 5. The third kappa shape index (κ3) is 3.81. The Morgan fingerprint density at radius 1 is 1.40 bits per heavy atom. The first-order valence-electron chi connectivity index (χ1n) is 4.84. The average molecular weight is 201 g/mol. The van der Waals surface area contributed by atoms with Gasteiger partial charge in [-0.25, -0.2) is 0 Å². The molecule has 0 saturated heterocycles. The molecule has 2 nitrogen and oxygen atoms in total. The molecule has 0 heterocycles. The predicted octanol–water partition coefficient (Wildman–Crippen LogP) is 3.07. The smallest absolute Gasteiger partial charge is 0.147 e. The van der Waals surface area contributed by atoms with Crippen molar-refractivity contribution in [2.45, 2.75) is 13.3 Å². The number of hydrogen-bond donors (Lipinski definition) is 1. The molecule has 0 atom stereocenters. The first-order chi connectivity index (χ1) is 7.26. The van der Waals surface area contributed by atoms with Gasteiger partial charge < -0.3 is 5.32 Å². The number of carbonyl (C=O) groups excluding carboxylic acids is 1. The predicted molar refractivity (Wildman–Crippen MR) is 63.8 cm³/mol. The summed E-state index contributed by atoms with van der Waals surface area (Å²) in [5.74, 6) is 0. The molecule has 0 aliphatic heterocycles. The molecule has 1 rings (SSSR count). The van der Waals surface area contributed by atoms with Gasteiger partial charge in [0.25, 0.3) is 0 Å². The van der Waals surface area contributed by atoms with Gasteiger partial charge in [-0.2, -0.15) is 0 Å². The Morgan fingerprint density at radius 2 is 2.07 bits per heavy atom. The number of nitrogens with one attached hydrogen (secondary N) is 1. The van der Waals surface area contributed by atoms with E-state index >= 15 is 0 Å². The van der Waals surface area contributed by atoms with Gasteiger partial charge in [0.1, 0.15) is 6.29 Å². The van der Waals surface area contributed by atoms with E-state index in [0.717, 1.165) is 12.0 Å². The number of carbonyl (C=O) groups is 1. The minimum atomic E-state index is 0.586. The lowest BCUT2D eigenvalue weighted by molar-refractivity contribution is -0.105. The third-order valence-electron chi connectivity index (χ3n) is 2.01. The average Bonchev–Trinajstić information content (AvgIpc) is 2.26. The molecule has 1 aromatic carbocycles. The molecule has 0 bridgehead atoms. The van der Waals surface area contributed by atoms with E-state index in [2.05, 4.69) is 11.9 Å². The SMILES string of the molecule is C=CC/C(C=O)=C/Nc1ccc(C)cc1. The van der Waals surface area contributed by atoms with Crippen LogP contribution in [0.1, 0.15) is 12.0 Å². The van der Waals surface area contributed by atoms with Crippen LogP contribution >= 0.6 is 0 Å². The number of aldehydes is 1. The van der Waals surface area contributed by atoms with Crippen LogP contribution in [-0.2, 0) is 4.79 Å². The lowest BCUT2D eigenvalue weighted by atomic mass is 10.2. The minimum Gasteiger partial charge on any atom is -0.361 e. The Labute approximate surface area is 90.3 Å². The van der Waals surface area contributed by atoms with E-state index in [0.29, 0.717) is 12.0 Å². The molecule has 78 valence electrons. The maximum atomic E-state index is 10.6. The lowest BCUT2D eigenvalue weighted by Gasteiger charge is -2.02. The summed E-state index contributed by atoms with van der Waals surface area (Å²) in [7, 11) is 0. The Kier molecular flexibility index (Phi) is 4.35. The summed E-state index contributed by atoms with van der Waals surface area (Å²) in [4.78, 5) is 10.6. The summed E-state index contributed by atoms with van der Waals surface area (Å²) < 4.78 is 0. The van der Waals surface area contributed by atoms with Crippen molar-refractivity contribution in [2.24, 2.45) is 0 Å². The van der Waals surface area contributed by atoms with Crippen LogP contribution in [-0.4, -0.2) is 6.29 Å². The zero-order chi connectivity index (χ0) is 11.1. The summed E-state index contributed by atoms with van der Waals surface area (Å²) in [5, 5.41) is 3.07. The molecule has 0 spiro atoms. The second kappa shape index (κ2) is 5.81. The number of benzene rings is 1. The zero-order valence-corrected chi connectivity index (χ0v) is 8.86. The molecule has 0 unspecified atom stereocenters. The highest BCUT2D eigenvalue weighted by Gasteiger charge is 1.92. The molecule has 0 aliphatic carbocycles. The van der Waals surface area contributed by atoms with E-state index in [1.54, 1.807) is 12.3 Å². The molecule has 0 amide bonds. The van der Waals surface area contributed by atoms with Crippen LogP contribution in [0, 0.1) is 6.92 Å². The van der Waals surface area contributed by atoms with Crippen LogP contribution in [0.15, 0.2) is 48.7 Å². The molecule has 0 fully saturated rings. The van der Waals surface area contributed by atoms with E-state index < -0.39 is 0 Å². The molecule has 2 heteroatoms. The fourth-order valence-electron chi connectivity index (χ4n) is 1.13. The number of aryl methyl sites for hydroxylation is 1. The fraction of sp³-hybridized carbons (Fsp3) is 0.154. The molecule has 0 aromatic heterocycles. The Bertz CT molecular complexity index is 363. The van der Waals surface area contributed by atoms with E-state index in [1.807, 2.05) is 31.2 Å². The van der Waals surface area contributed by atoms with E-state index in [1.165, 1.54) is 5.56 Å². The Morgan fingerprint density at radius 3 is 2.60 bits per heavy atom. The van der Waals surface area contributed by atoms with Crippen molar-refractivity contribution >= 4 is 12.0 Å². The summed E-state index contributed by atoms with van der Waals surface area (Å²) in [6.07, 6.45) is 4.83. The van der Waals surface area contributed by atoms with Gasteiger partial charge in [0.15, 0.2) is 0 Å². The van der Waals surface area contributed by atoms with Crippen LogP contribution in [0.3, 0.4) is 0 Å². The van der Waals surface area contributed by atoms with Gasteiger partial charge in [0.2, 0.25) is 0 Å². The lowest BCUT2D eigenvalue weighted by Crippen LogP contribution is -1.92. The van der Waals surface area contributed by atoms with Gasteiger partial charge >= 0.3 is 0 Å². The van der Waals surface area contributed by atoms with Crippen LogP contribution in [0.5, 0.6) is 0 Å². The minimum absolute atomic E-state index is 0.586. The van der Waals surface area contributed by atoms with Crippen molar-refractivity contribution in [1.82, 2.24) is 0 Å². The first-order valence-corrected chi connectivity index (χ1v) is 4.84. The quantitative estimate of drug-likeness (QED) is 0.450. The summed E-state index contributed by atoms with van der Waals surface area (Å²) in [6, 6.07) is 7.98. The number of allylic oxidation sites excluding steroid dienone is 2. The van der Waals surface area contributed by atoms with Crippen molar-refractivity contribution in [2.75, 3.05) is 5.32 Å². The molecule has 1 N–H and O–H groups in total. The topological polar surface area (TPSA) is 29.1 Å². The highest BCUT2D eigenvalue weighted by Crippen LogP contribution is 2.09. The van der Waals surface area contributed by atoms with Crippen LogP contribution in [0.2, 0.25) is 0 Å². The molecular weight excluding hydrogens is 186 g/mol. The highest BCUT2D eigenvalue weighted by atomic mass is 16.1. The van der Waals surface area contributed by atoms with Crippen LogP contribution in [0.25, 0.3) is 0 Å². The summed E-state index contributed by atoms with van der Waals surface area (Å²) in [5.41, 5.74) is 2.88. The van der Waals surface area contributed by atoms with Gasteiger partial charge in [0.05, 0.1) is 0 Å². The van der Waals surface area contributed by atoms with Gasteiger partial charge in [-0.15, -0.1) is 6.58 Å². The van der Waals surface area contributed by atoms with Crippen molar-refractivity contribution < 1.29 is 4.79 Å². The van der Waals surface area contributed by atoms with Crippen molar-refractivity contribution in [3.05, 3.63) is 54.3 Å². The fourth-order valence-corrected chi connectivity index (χ4v) is 1.13. The molecule has 0 aliphatic rings. The number of hydrogen-bond acceptors (Lipinski definition) is 2. The van der Waals surface area contributed by atoms with E-state index in [9.17, 15) is 4.79 Å². The normalized spacial score (nSPS) is 10.9. The molecule has 0 radical (unpaired) electrons. The maximum Gasteiger partial charge on any atom is 0.147 e. The first kappa shape index (κ1) is 11.2. The molecule has 1 aromatic rings. The highest BCUT2D eigenvalue weighted by molar-refractivity contribution is 5.74. The van der Waals surface area contributed by atoms with Gasteiger partial charge in [-0.1, -0.05) is 23.8 Å². The molecule has 15 heavy (non-hydrogen) atoms. The Balaban J connectivity index is 2.65. The van der Waals surface area contributed by atoms with Gasteiger partial charge in [0, 0.05) is 17.5 Å². The van der Waals surface area contributed by atoms with Gasteiger partial charge in [-0.3, -0.25) is 4.79 Å². The van der Waals surface area contributed by atoms with E-state index in [4.69, 9.17) is 0 Å². The monoisotopic (exact) mass is 201 g/mol. The van der Waals surface area contributed by atoms with Crippen molar-refractivity contribution in [3.63, 3.8) is 0 Å².